The Balaban J connectivity index is 2.03. The third-order valence-corrected chi connectivity index (χ3v) is 3.12. The molecule has 4 heteroatoms. The van der Waals surface area contributed by atoms with Crippen LogP contribution in [0.4, 0.5) is 4.79 Å². The highest BCUT2D eigenvalue weighted by Crippen LogP contribution is 2.46. The van der Waals surface area contributed by atoms with Crippen molar-refractivity contribution in [3.8, 4) is 0 Å². The van der Waals surface area contributed by atoms with E-state index in [1.807, 2.05) is 0 Å². The Morgan fingerprint density at radius 1 is 1.46 bits per heavy atom. The van der Waals surface area contributed by atoms with Gasteiger partial charge in [-0.2, -0.15) is 0 Å². The van der Waals surface area contributed by atoms with Gasteiger partial charge in [0.2, 0.25) is 5.91 Å². The number of nitrogens with zero attached hydrogens (tertiary/aromatic N) is 1. The predicted molar refractivity (Wildman–Crippen MR) is 45.0 cm³/mol. The van der Waals surface area contributed by atoms with Crippen molar-refractivity contribution in [3.63, 3.8) is 0 Å². The maximum Gasteiger partial charge on any atom is 0.416 e. The molecular weight excluding hydrogens is 170 g/mol. The van der Waals surface area contributed by atoms with E-state index >= 15 is 0 Å². The Bertz CT molecular complexity index is 256. The first-order valence-electron chi connectivity index (χ1n) is 4.59. The van der Waals surface area contributed by atoms with Crippen LogP contribution in [-0.2, 0) is 9.53 Å². The van der Waals surface area contributed by atoms with Crippen LogP contribution in [0.3, 0.4) is 0 Å². The third-order valence-electron chi connectivity index (χ3n) is 3.12. The fraction of sp³-hybridized carbons (Fsp3) is 0.778. The van der Waals surface area contributed by atoms with Gasteiger partial charge in [-0.1, -0.05) is 12.8 Å². The van der Waals surface area contributed by atoms with Crippen LogP contribution in [0, 0.1) is 5.41 Å². The van der Waals surface area contributed by atoms with Gasteiger partial charge in [0, 0.05) is 6.54 Å². The zero-order chi connectivity index (χ0) is 9.47. The molecular formula is C9H13NO3. The number of carbonyl (C=O) groups excluding carboxylic acids is 2. The van der Waals surface area contributed by atoms with Crippen molar-refractivity contribution in [1.29, 1.82) is 0 Å². The number of imide groups is 1. The standard InChI is InChI=1S/C9H13NO3/c1-13-8(12)10-6-9(7(10)11)4-2-3-5-9/h2-6H2,1H3. The van der Waals surface area contributed by atoms with E-state index in [2.05, 4.69) is 4.74 Å². The van der Waals surface area contributed by atoms with Crippen LogP contribution in [0.25, 0.3) is 0 Å². The monoisotopic (exact) mass is 183 g/mol. The Hall–Kier alpha value is -1.06. The van der Waals surface area contributed by atoms with Crippen molar-refractivity contribution in [2.75, 3.05) is 13.7 Å². The molecule has 2 amide bonds. The summed E-state index contributed by atoms with van der Waals surface area (Å²) in [6, 6.07) is 0. The van der Waals surface area contributed by atoms with Gasteiger partial charge in [0.15, 0.2) is 0 Å². The number of likely N-dealkylation sites (tertiary alicyclic amines) is 1. The molecule has 4 nitrogen and oxygen atoms in total. The molecule has 2 rings (SSSR count). The van der Waals surface area contributed by atoms with Gasteiger partial charge < -0.3 is 4.74 Å². The van der Waals surface area contributed by atoms with Crippen LogP contribution < -0.4 is 0 Å². The smallest absolute Gasteiger partial charge is 0.416 e. The van der Waals surface area contributed by atoms with Crippen LogP contribution in [0.15, 0.2) is 0 Å². The lowest BCUT2D eigenvalue weighted by Gasteiger charge is -2.44. The van der Waals surface area contributed by atoms with Crippen molar-refractivity contribution in [2.24, 2.45) is 5.41 Å². The molecule has 0 bridgehead atoms. The molecule has 2 fully saturated rings. The number of amides is 2. The molecule has 0 radical (unpaired) electrons. The Morgan fingerprint density at radius 2 is 2.08 bits per heavy atom. The second kappa shape index (κ2) is 2.72. The van der Waals surface area contributed by atoms with Crippen molar-refractivity contribution >= 4 is 12.0 Å². The van der Waals surface area contributed by atoms with E-state index in [1.54, 1.807) is 0 Å². The van der Waals surface area contributed by atoms with Crippen LogP contribution in [0.2, 0.25) is 0 Å². The normalized spacial score (nSPS) is 24.7. The number of rotatable bonds is 0. The molecule has 0 aromatic carbocycles. The lowest BCUT2D eigenvalue weighted by Crippen LogP contribution is -2.62. The van der Waals surface area contributed by atoms with Crippen LogP contribution in [0.5, 0.6) is 0 Å². The number of hydrogen-bond donors (Lipinski definition) is 0. The fourth-order valence-corrected chi connectivity index (χ4v) is 2.32. The topological polar surface area (TPSA) is 46.6 Å². The van der Waals surface area contributed by atoms with Crippen LogP contribution in [-0.4, -0.2) is 30.6 Å². The van der Waals surface area contributed by atoms with Gasteiger partial charge in [0.25, 0.3) is 0 Å². The highest BCUT2D eigenvalue weighted by Gasteiger charge is 2.55. The van der Waals surface area contributed by atoms with E-state index in [0.717, 1.165) is 25.7 Å². The average Bonchev–Trinajstić information content (AvgIpc) is 2.63. The molecule has 1 saturated carbocycles. The molecule has 1 saturated heterocycles. The SMILES string of the molecule is COC(=O)N1CC2(CCCC2)C1=O. The van der Waals surface area contributed by atoms with E-state index in [9.17, 15) is 9.59 Å². The fourth-order valence-electron chi connectivity index (χ4n) is 2.32. The van der Waals surface area contributed by atoms with E-state index in [1.165, 1.54) is 12.0 Å². The average molecular weight is 183 g/mol. The van der Waals surface area contributed by atoms with Gasteiger partial charge in [0.1, 0.15) is 0 Å². The first-order chi connectivity index (χ1) is 6.19. The third kappa shape index (κ3) is 1.04. The number of methoxy groups -OCH3 is 1. The zero-order valence-corrected chi connectivity index (χ0v) is 7.71. The van der Waals surface area contributed by atoms with E-state index in [4.69, 9.17) is 0 Å². The van der Waals surface area contributed by atoms with Gasteiger partial charge >= 0.3 is 6.09 Å². The van der Waals surface area contributed by atoms with Gasteiger partial charge in [-0.3, -0.25) is 4.79 Å². The zero-order valence-electron chi connectivity index (χ0n) is 7.71. The first kappa shape index (κ1) is 8.53. The van der Waals surface area contributed by atoms with Gasteiger partial charge in [-0.25, -0.2) is 9.69 Å². The second-order valence-electron chi connectivity index (χ2n) is 3.85. The molecule has 0 aromatic heterocycles. The van der Waals surface area contributed by atoms with Crippen molar-refractivity contribution in [3.05, 3.63) is 0 Å². The number of carbonyl (C=O) groups is 2. The van der Waals surface area contributed by atoms with E-state index < -0.39 is 6.09 Å². The maximum atomic E-state index is 11.6. The van der Waals surface area contributed by atoms with Gasteiger partial charge in [-0.05, 0) is 12.8 Å². The summed E-state index contributed by atoms with van der Waals surface area (Å²) in [5.74, 6) is -0.0307. The minimum atomic E-state index is -0.512. The summed E-state index contributed by atoms with van der Waals surface area (Å²) in [7, 11) is 1.30. The first-order valence-corrected chi connectivity index (χ1v) is 4.59. The van der Waals surface area contributed by atoms with E-state index in [-0.39, 0.29) is 11.3 Å². The highest BCUT2D eigenvalue weighted by molar-refractivity contribution is 6.00. The molecule has 1 aliphatic carbocycles. The summed E-state index contributed by atoms with van der Waals surface area (Å²) >= 11 is 0. The van der Waals surface area contributed by atoms with Gasteiger partial charge in [0.05, 0.1) is 12.5 Å². The Morgan fingerprint density at radius 3 is 2.54 bits per heavy atom. The van der Waals surface area contributed by atoms with Gasteiger partial charge in [-0.15, -0.1) is 0 Å². The number of hydrogen-bond acceptors (Lipinski definition) is 3. The lowest BCUT2D eigenvalue weighted by atomic mass is 9.77. The molecule has 0 unspecified atom stereocenters. The largest absolute Gasteiger partial charge is 0.452 e. The molecule has 0 aromatic rings. The molecule has 1 heterocycles. The lowest BCUT2D eigenvalue weighted by molar-refractivity contribution is -0.155. The van der Waals surface area contributed by atoms with Crippen molar-refractivity contribution in [2.45, 2.75) is 25.7 Å². The summed E-state index contributed by atoms with van der Waals surface area (Å²) in [6.45, 7) is 0.568. The quantitative estimate of drug-likeness (QED) is 0.529. The maximum absolute atomic E-state index is 11.6. The molecule has 1 aliphatic heterocycles. The molecule has 13 heavy (non-hydrogen) atoms. The number of ether oxygens (including phenoxy) is 1. The summed E-state index contributed by atoms with van der Waals surface area (Å²) in [6.07, 6.45) is 3.60. The minimum Gasteiger partial charge on any atom is -0.452 e. The molecule has 0 atom stereocenters. The Labute approximate surface area is 76.8 Å². The molecule has 2 aliphatic rings. The van der Waals surface area contributed by atoms with E-state index in [0.29, 0.717) is 6.54 Å². The Kier molecular flexibility index (Phi) is 1.78. The summed E-state index contributed by atoms with van der Waals surface area (Å²) < 4.78 is 4.49. The predicted octanol–water partition coefficient (Wildman–Crippen LogP) is 1.16. The summed E-state index contributed by atoms with van der Waals surface area (Å²) in [4.78, 5) is 23.8. The highest BCUT2D eigenvalue weighted by atomic mass is 16.5. The van der Waals surface area contributed by atoms with Crippen LogP contribution >= 0.6 is 0 Å². The van der Waals surface area contributed by atoms with Crippen molar-refractivity contribution < 1.29 is 14.3 Å². The molecule has 1 spiro atoms. The van der Waals surface area contributed by atoms with Crippen LogP contribution in [0.1, 0.15) is 25.7 Å². The minimum absolute atomic E-state index is 0.0307. The number of β-lactam (4-membered cyclic amide) rings is 1. The molecule has 0 N–H and O–H groups in total. The molecule has 72 valence electrons. The second-order valence-corrected chi connectivity index (χ2v) is 3.85. The summed E-state index contributed by atoms with van der Waals surface area (Å²) in [5, 5.41) is 0. The summed E-state index contributed by atoms with van der Waals surface area (Å²) in [5.41, 5.74) is -0.186. The van der Waals surface area contributed by atoms with Crippen molar-refractivity contribution in [1.82, 2.24) is 4.90 Å².